The first-order chi connectivity index (χ1) is 20.6. The van der Waals surface area contributed by atoms with Gasteiger partial charge in [-0.15, -0.1) is 0 Å². The molecule has 0 aromatic heterocycles. The number of anilines is 1. The molecule has 0 radical (unpaired) electrons. The van der Waals surface area contributed by atoms with Gasteiger partial charge in [-0.3, -0.25) is 4.79 Å². The summed E-state index contributed by atoms with van der Waals surface area (Å²) in [6, 6.07) is 22.5. The molecule has 2 fully saturated rings. The van der Waals surface area contributed by atoms with Crippen LogP contribution in [-0.2, 0) is 33.8 Å². The number of alkyl carbamates (subject to hydrolysis) is 1. The van der Waals surface area contributed by atoms with Gasteiger partial charge in [-0.05, 0) is 86.2 Å². The van der Waals surface area contributed by atoms with Crippen molar-refractivity contribution in [1.82, 2.24) is 5.32 Å². The van der Waals surface area contributed by atoms with Crippen LogP contribution in [0.2, 0.25) is 0 Å². The Morgan fingerprint density at radius 2 is 1.63 bits per heavy atom. The second-order valence-electron chi connectivity index (χ2n) is 13.0. The van der Waals surface area contributed by atoms with E-state index in [9.17, 15) is 9.59 Å². The maximum atomic E-state index is 12.2. The summed E-state index contributed by atoms with van der Waals surface area (Å²) < 4.78 is 16.6. The third-order valence-corrected chi connectivity index (χ3v) is 8.33. The van der Waals surface area contributed by atoms with E-state index in [-0.39, 0.29) is 12.4 Å². The van der Waals surface area contributed by atoms with E-state index < -0.39 is 11.7 Å². The maximum Gasteiger partial charge on any atom is 0.407 e. The summed E-state index contributed by atoms with van der Waals surface area (Å²) in [5, 5.41) is 2.87. The van der Waals surface area contributed by atoms with Gasteiger partial charge in [0.25, 0.3) is 0 Å². The number of methoxy groups -OCH3 is 1. The fourth-order valence-electron chi connectivity index (χ4n) is 6.20. The van der Waals surface area contributed by atoms with Gasteiger partial charge in [0.2, 0.25) is 0 Å². The van der Waals surface area contributed by atoms with E-state index in [4.69, 9.17) is 14.2 Å². The summed E-state index contributed by atoms with van der Waals surface area (Å²) in [4.78, 5) is 26.7. The third kappa shape index (κ3) is 8.09. The van der Waals surface area contributed by atoms with Crippen LogP contribution >= 0.6 is 0 Å². The predicted octanol–water partition coefficient (Wildman–Crippen LogP) is 7.44. The summed E-state index contributed by atoms with van der Waals surface area (Å²) in [6.07, 6.45) is 6.41. The van der Waals surface area contributed by atoms with E-state index in [1.165, 1.54) is 44.9 Å². The minimum absolute atomic E-state index is 0.165. The molecule has 1 saturated carbocycles. The summed E-state index contributed by atoms with van der Waals surface area (Å²) in [5.74, 6) is 0.385. The summed E-state index contributed by atoms with van der Waals surface area (Å²) in [7, 11) is 1.40. The highest BCUT2D eigenvalue weighted by atomic mass is 16.6. The van der Waals surface area contributed by atoms with Gasteiger partial charge in [-0.2, -0.15) is 0 Å². The lowest BCUT2D eigenvalue weighted by Gasteiger charge is -2.53. The molecule has 7 heteroatoms. The molecule has 3 aromatic carbocycles. The number of hydrogen-bond donors (Lipinski definition) is 1. The molecule has 3 aromatic rings. The average Bonchev–Trinajstić information content (AvgIpc) is 2.98. The Hall–Kier alpha value is -4.00. The van der Waals surface area contributed by atoms with Crippen LogP contribution in [0.15, 0.2) is 66.7 Å². The van der Waals surface area contributed by atoms with E-state index in [1.54, 1.807) is 0 Å². The normalized spacial score (nSPS) is 15.9. The largest absolute Gasteiger partial charge is 0.489 e. The van der Waals surface area contributed by atoms with Gasteiger partial charge in [-0.25, -0.2) is 4.79 Å². The first-order valence-electron chi connectivity index (χ1n) is 15.3. The number of nitrogens with zero attached hydrogens (tertiary/aromatic N) is 1. The van der Waals surface area contributed by atoms with Crippen LogP contribution in [0.3, 0.4) is 0 Å². The Balaban J connectivity index is 1.37. The van der Waals surface area contributed by atoms with Crippen LogP contribution in [0.25, 0.3) is 11.1 Å². The van der Waals surface area contributed by atoms with Crippen molar-refractivity contribution in [3.63, 3.8) is 0 Å². The zero-order chi connectivity index (χ0) is 30.5. The molecule has 1 N–H and O–H groups in total. The number of rotatable bonds is 9. The summed E-state index contributed by atoms with van der Waals surface area (Å²) >= 11 is 0. The topological polar surface area (TPSA) is 77.1 Å². The number of carbonyl (C=O) groups is 2. The van der Waals surface area contributed by atoms with Crippen LogP contribution in [0.1, 0.15) is 69.6 Å². The van der Waals surface area contributed by atoms with E-state index in [1.807, 2.05) is 57.2 Å². The molecule has 7 nitrogen and oxygen atoms in total. The third-order valence-electron chi connectivity index (χ3n) is 8.33. The highest BCUT2D eigenvalue weighted by Crippen LogP contribution is 2.46. The molecule has 43 heavy (non-hydrogen) atoms. The molecule has 0 atom stereocenters. The zero-order valence-electron chi connectivity index (χ0n) is 25.9. The van der Waals surface area contributed by atoms with E-state index in [0.717, 1.165) is 40.9 Å². The summed E-state index contributed by atoms with van der Waals surface area (Å²) in [5.41, 5.74) is 6.15. The van der Waals surface area contributed by atoms with Crippen molar-refractivity contribution in [2.24, 2.45) is 5.41 Å². The van der Waals surface area contributed by atoms with E-state index in [0.29, 0.717) is 24.3 Å². The number of hydrogen-bond acceptors (Lipinski definition) is 6. The number of nitrogens with one attached hydrogen (secondary N) is 1. The van der Waals surface area contributed by atoms with Crippen LogP contribution in [0.5, 0.6) is 5.75 Å². The second-order valence-corrected chi connectivity index (χ2v) is 13.0. The minimum atomic E-state index is -0.544. The number of ether oxygens (including phenoxy) is 3. The van der Waals surface area contributed by atoms with Gasteiger partial charge in [0.05, 0.1) is 13.5 Å². The SMILES string of the molecule is COC(=O)Cc1ccccc1OCc1cc(-c2cccc(CNC(=O)OC(C)(C)C)c2)cc(N2CC3(CCCCC3)C2)c1. The molecule has 0 unspecified atom stereocenters. The Labute approximate surface area is 255 Å². The highest BCUT2D eigenvalue weighted by molar-refractivity contribution is 5.74. The van der Waals surface area contributed by atoms with Gasteiger partial charge in [0, 0.05) is 36.3 Å². The van der Waals surface area contributed by atoms with Crippen molar-refractivity contribution in [2.75, 3.05) is 25.1 Å². The second kappa shape index (κ2) is 13.1. The molecule has 1 aliphatic carbocycles. The first-order valence-corrected chi connectivity index (χ1v) is 15.3. The fourth-order valence-corrected chi connectivity index (χ4v) is 6.20. The van der Waals surface area contributed by atoms with Crippen molar-refractivity contribution in [1.29, 1.82) is 0 Å². The molecule has 2 aliphatic rings. The van der Waals surface area contributed by atoms with Crippen molar-refractivity contribution < 1.29 is 23.8 Å². The van der Waals surface area contributed by atoms with Crippen molar-refractivity contribution in [3.05, 3.63) is 83.4 Å². The lowest BCUT2D eigenvalue weighted by molar-refractivity contribution is -0.139. The van der Waals surface area contributed by atoms with Gasteiger partial charge in [0.1, 0.15) is 18.0 Å². The average molecular weight is 585 g/mol. The molecule has 0 bridgehead atoms. The lowest BCUT2D eigenvalue weighted by Crippen LogP contribution is -2.57. The Kier molecular flexibility index (Phi) is 9.28. The molecule has 1 amide bonds. The van der Waals surface area contributed by atoms with Gasteiger partial charge >= 0.3 is 12.1 Å². The van der Waals surface area contributed by atoms with Crippen LogP contribution in [0, 0.1) is 5.41 Å². The number of esters is 1. The van der Waals surface area contributed by atoms with E-state index in [2.05, 4.69) is 40.5 Å². The molecular weight excluding hydrogens is 540 g/mol. The predicted molar refractivity (Wildman–Crippen MR) is 169 cm³/mol. The molecular formula is C36H44N2O5. The zero-order valence-corrected chi connectivity index (χ0v) is 25.9. The molecule has 1 spiro atoms. The van der Waals surface area contributed by atoms with Crippen LogP contribution in [-0.4, -0.2) is 37.9 Å². The number of para-hydroxylation sites is 1. The Morgan fingerprint density at radius 1 is 0.884 bits per heavy atom. The standard InChI is InChI=1S/C36H44N2O5/c1-35(2,3)43-34(40)37-22-26-11-10-13-28(17-26)30-18-27(23-42-32-14-7-6-12-29(32)21-33(39)41-4)19-31(20-30)38-24-36(25-38)15-8-5-9-16-36/h6-7,10-14,17-20H,5,8-9,15-16,21-25H2,1-4H3,(H,37,40). The minimum Gasteiger partial charge on any atom is -0.489 e. The monoisotopic (exact) mass is 584 g/mol. The van der Waals surface area contributed by atoms with Gasteiger partial charge in [-0.1, -0.05) is 55.7 Å². The smallest absolute Gasteiger partial charge is 0.407 e. The van der Waals surface area contributed by atoms with Crippen molar-refractivity contribution in [2.45, 2.75) is 78.0 Å². The van der Waals surface area contributed by atoms with Crippen molar-refractivity contribution >= 4 is 17.7 Å². The van der Waals surface area contributed by atoms with Gasteiger partial charge in [0.15, 0.2) is 0 Å². The Morgan fingerprint density at radius 3 is 2.37 bits per heavy atom. The quantitative estimate of drug-likeness (QED) is 0.263. The molecule has 228 valence electrons. The lowest BCUT2D eigenvalue weighted by atomic mass is 9.68. The van der Waals surface area contributed by atoms with Crippen LogP contribution in [0.4, 0.5) is 10.5 Å². The molecule has 1 saturated heterocycles. The van der Waals surface area contributed by atoms with Crippen LogP contribution < -0.4 is 15.0 Å². The fraction of sp³-hybridized carbons (Fsp3) is 0.444. The first kappa shape index (κ1) is 30.5. The number of carbonyl (C=O) groups excluding carboxylic acids is 2. The Bertz CT molecular complexity index is 1430. The molecule has 5 rings (SSSR count). The summed E-state index contributed by atoms with van der Waals surface area (Å²) in [6.45, 7) is 8.51. The number of benzene rings is 3. The van der Waals surface area contributed by atoms with Gasteiger partial charge < -0.3 is 24.4 Å². The molecule has 1 aliphatic heterocycles. The van der Waals surface area contributed by atoms with Crippen molar-refractivity contribution in [3.8, 4) is 16.9 Å². The maximum absolute atomic E-state index is 12.2. The highest BCUT2D eigenvalue weighted by Gasteiger charge is 2.43. The molecule has 1 heterocycles. The number of amides is 1. The van der Waals surface area contributed by atoms with E-state index >= 15 is 0 Å².